The van der Waals surface area contributed by atoms with Crippen LogP contribution in [0.4, 0.5) is 13.2 Å². The maximum atomic E-state index is 12.4. The van der Waals surface area contributed by atoms with Crippen molar-refractivity contribution in [3.63, 3.8) is 0 Å². The lowest BCUT2D eigenvalue weighted by Crippen LogP contribution is -2.25. The number of benzene rings is 1. The molecule has 1 nitrogen and oxygen atoms in total. The molecule has 17 heavy (non-hydrogen) atoms. The van der Waals surface area contributed by atoms with Crippen LogP contribution in [0.15, 0.2) is 24.3 Å². The summed E-state index contributed by atoms with van der Waals surface area (Å²) in [5, 5.41) is 3.07. The minimum absolute atomic E-state index is 0.0922. The minimum atomic E-state index is -4.29. The molecule has 0 aromatic heterocycles. The van der Waals surface area contributed by atoms with E-state index in [9.17, 15) is 13.2 Å². The molecule has 0 aliphatic heterocycles. The van der Waals surface area contributed by atoms with Gasteiger partial charge in [-0.15, -0.1) is 12.3 Å². The van der Waals surface area contributed by atoms with Gasteiger partial charge in [0.2, 0.25) is 0 Å². The number of hydrogen-bond acceptors (Lipinski definition) is 1. The van der Waals surface area contributed by atoms with Gasteiger partial charge in [0.1, 0.15) is 0 Å². The summed E-state index contributed by atoms with van der Waals surface area (Å²) in [5.74, 6) is 2.50. The molecule has 92 valence electrons. The molecule has 1 atom stereocenters. The molecule has 1 aromatic rings. The number of terminal acetylenes is 1. The monoisotopic (exact) mass is 241 g/mol. The van der Waals surface area contributed by atoms with Crippen LogP contribution in [-0.4, -0.2) is 6.04 Å². The lowest BCUT2D eigenvalue weighted by atomic mass is 10.1. The van der Waals surface area contributed by atoms with Gasteiger partial charge < -0.3 is 5.32 Å². The fourth-order valence-corrected chi connectivity index (χ4v) is 1.40. The third kappa shape index (κ3) is 4.49. The summed E-state index contributed by atoms with van der Waals surface area (Å²) < 4.78 is 37.3. The molecule has 0 bridgehead atoms. The molecule has 0 saturated carbocycles. The van der Waals surface area contributed by atoms with Crippen molar-refractivity contribution in [1.29, 1.82) is 0 Å². The molecule has 1 aromatic carbocycles. The Hall–Kier alpha value is -1.47. The van der Waals surface area contributed by atoms with E-state index < -0.39 is 11.7 Å². The van der Waals surface area contributed by atoms with Gasteiger partial charge in [0, 0.05) is 19.0 Å². The Morgan fingerprint density at radius 3 is 2.71 bits per heavy atom. The van der Waals surface area contributed by atoms with Crippen LogP contribution in [0.25, 0.3) is 0 Å². The first-order valence-electron chi connectivity index (χ1n) is 5.26. The largest absolute Gasteiger partial charge is 0.416 e. The highest BCUT2D eigenvalue weighted by Crippen LogP contribution is 2.29. The van der Waals surface area contributed by atoms with E-state index in [-0.39, 0.29) is 6.04 Å². The summed E-state index contributed by atoms with van der Waals surface area (Å²) in [7, 11) is 0. The highest BCUT2D eigenvalue weighted by Gasteiger charge is 2.30. The number of nitrogens with one attached hydrogen (secondary N) is 1. The van der Waals surface area contributed by atoms with Gasteiger partial charge in [0.25, 0.3) is 0 Å². The molecule has 0 aliphatic carbocycles. The molecular weight excluding hydrogens is 227 g/mol. The molecule has 1 N–H and O–H groups in total. The van der Waals surface area contributed by atoms with Crippen molar-refractivity contribution in [3.8, 4) is 12.3 Å². The fraction of sp³-hybridized carbons (Fsp3) is 0.385. The maximum Gasteiger partial charge on any atom is 0.416 e. The Balaban J connectivity index is 2.64. The van der Waals surface area contributed by atoms with Gasteiger partial charge in [-0.2, -0.15) is 13.2 Å². The average molecular weight is 241 g/mol. The summed E-state index contributed by atoms with van der Waals surface area (Å²) in [6.07, 6.45) is 1.40. The van der Waals surface area contributed by atoms with Crippen molar-refractivity contribution in [2.45, 2.75) is 32.1 Å². The lowest BCUT2D eigenvalue weighted by Gasteiger charge is -2.12. The zero-order valence-electron chi connectivity index (χ0n) is 9.51. The fourth-order valence-electron chi connectivity index (χ4n) is 1.40. The normalized spacial score (nSPS) is 13.1. The summed E-state index contributed by atoms with van der Waals surface area (Å²) >= 11 is 0. The SMILES string of the molecule is C#CCC(C)NCc1cccc(C(F)(F)F)c1. The first-order valence-corrected chi connectivity index (χ1v) is 5.26. The van der Waals surface area contributed by atoms with E-state index in [4.69, 9.17) is 6.42 Å². The molecule has 1 unspecified atom stereocenters. The van der Waals surface area contributed by atoms with Gasteiger partial charge in [-0.3, -0.25) is 0 Å². The summed E-state index contributed by atoms with van der Waals surface area (Å²) in [5.41, 5.74) is -0.0231. The van der Waals surface area contributed by atoms with Crippen LogP contribution in [0.5, 0.6) is 0 Å². The van der Waals surface area contributed by atoms with E-state index in [1.165, 1.54) is 6.07 Å². The third-order valence-electron chi connectivity index (χ3n) is 2.33. The predicted molar refractivity (Wildman–Crippen MR) is 61.2 cm³/mol. The topological polar surface area (TPSA) is 12.0 Å². The third-order valence-corrected chi connectivity index (χ3v) is 2.33. The summed E-state index contributed by atoms with van der Waals surface area (Å²) in [6.45, 7) is 2.28. The van der Waals surface area contributed by atoms with Gasteiger partial charge in [-0.1, -0.05) is 18.2 Å². The average Bonchev–Trinajstić information content (AvgIpc) is 2.26. The van der Waals surface area contributed by atoms with Crippen molar-refractivity contribution < 1.29 is 13.2 Å². The summed E-state index contributed by atoms with van der Waals surface area (Å²) in [4.78, 5) is 0. The summed E-state index contributed by atoms with van der Waals surface area (Å²) in [6, 6.07) is 5.37. The van der Waals surface area contributed by atoms with E-state index in [2.05, 4.69) is 11.2 Å². The Labute approximate surface area is 99.0 Å². The van der Waals surface area contributed by atoms with E-state index in [0.29, 0.717) is 18.5 Å². The molecule has 4 heteroatoms. The van der Waals surface area contributed by atoms with Crippen molar-refractivity contribution in [2.24, 2.45) is 0 Å². The first-order chi connectivity index (χ1) is 7.93. The quantitative estimate of drug-likeness (QED) is 0.798. The maximum absolute atomic E-state index is 12.4. The van der Waals surface area contributed by atoms with Gasteiger partial charge >= 0.3 is 6.18 Å². The zero-order valence-corrected chi connectivity index (χ0v) is 9.51. The van der Waals surface area contributed by atoms with Crippen LogP contribution in [0.1, 0.15) is 24.5 Å². The van der Waals surface area contributed by atoms with Crippen molar-refractivity contribution in [3.05, 3.63) is 35.4 Å². The van der Waals surface area contributed by atoms with E-state index in [1.807, 2.05) is 6.92 Å². The predicted octanol–water partition coefficient (Wildman–Crippen LogP) is 3.21. The van der Waals surface area contributed by atoms with Gasteiger partial charge in [0.15, 0.2) is 0 Å². The highest BCUT2D eigenvalue weighted by atomic mass is 19.4. The van der Waals surface area contributed by atoms with Gasteiger partial charge in [-0.05, 0) is 18.6 Å². The Kier molecular flexibility index (Phi) is 4.59. The Morgan fingerprint density at radius 1 is 1.41 bits per heavy atom. The highest BCUT2D eigenvalue weighted by molar-refractivity contribution is 5.25. The van der Waals surface area contributed by atoms with Crippen LogP contribution in [-0.2, 0) is 12.7 Å². The van der Waals surface area contributed by atoms with Gasteiger partial charge in [-0.25, -0.2) is 0 Å². The smallest absolute Gasteiger partial charge is 0.309 e. The second-order valence-electron chi connectivity index (χ2n) is 3.89. The van der Waals surface area contributed by atoms with Crippen LogP contribution in [0, 0.1) is 12.3 Å². The second kappa shape index (κ2) is 5.74. The van der Waals surface area contributed by atoms with Gasteiger partial charge in [0.05, 0.1) is 5.56 Å². The minimum Gasteiger partial charge on any atom is -0.309 e. The standard InChI is InChI=1S/C13H14F3N/c1-3-5-10(2)17-9-11-6-4-7-12(8-11)13(14,15)16/h1,4,6-8,10,17H,5,9H2,2H3. The van der Waals surface area contributed by atoms with Crippen molar-refractivity contribution in [2.75, 3.05) is 0 Å². The number of alkyl halides is 3. The molecule has 0 heterocycles. The molecule has 0 fully saturated rings. The number of halogens is 3. The molecule has 0 radical (unpaired) electrons. The molecule has 0 amide bonds. The van der Waals surface area contributed by atoms with Crippen LogP contribution in [0.3, 0.4) is 0 Å². The van der Waals surface area contributed by atoms with Crippen molar-refractivity contribution in [1.82, 2.24) is 5.32 Å². The molecule has 0 spiro atoms. The molecule has 0 saturated heterocycles. The van der Waals surface area contributed by atoms with E-state index >= 15 is 0 Å². The number of rotatable bonds is 4. The van der Waals surface area contributed by atoms with Crippen LogP contribution >= 0.6 is 0 Å². The first kappa shape index (κ1) is 13.6. The number of hydrogen-bond donors (Lipinski definition) is 1. The van der Waals surface area contributed by atoms with Crippen LogP contribution in [0.2, 0.25) is 0 Å². The Morgan fingerprint density at radius 2 is 2.12 bits per heavy atom. The van der Waals surface area contributed by atoms with E-state index in [0.717, 1.165) is 12.1 Å². The molecule has 1 rings (SSSR count). The molecule has 0 aliphatic rings. The van der Waals surface area contributed by atoms with E-state index in [1.54, 1.807) is 6.07 Å². The zero-order chi connectivity index (χ0) is 12.9. The second-order valence-corrected chi connectivity index (χ2v) is 3.89. The van der Waals surface area contributed by atoms with Crippen LogP contribution < -0.4 is 5.32 Å². The van der Waals surface area contributed by atoms with Crippen molar-refractivity contribution >= 4 is 0 Å². The lowest BCUT2D eigenvalue weighted by molar-refractivity contribution is -0.137. The molecular formula is C13H14F3N. The Bertz CT molecular complexity index is 404.